The monoisotopic (exact) mass is 374 g/mol. The van der Waals surface area contributed by atoms with Crippen LogP contribution in [0.1, 0.15) is 27.9 Å². The molecule has 6 heteroatoms. The van der Waals surface area contributed by atoms with Crippen LogP contribution in [0.15, 0.2) is 54.6 Å². The van der Waals surface area contributed by atoms with E-state index in [0.717, 1.165) is 39.2 Å². The van der Waals surface area contributed by atoms with E-state index in [4.69, 9.17) is 4.98 Å². The second-order valence-electron chi connectivity index (χ2n) is 6.15. The van der Waals surface area contributed by atoms with E-state index >= 15 is 0 Å². The Morgan fingerprint density at radius 1 is 1.04 bits per heavy atom. The van der Waals surface area contributed by atoms with E-state index < -0.39 is 0 Å². The molecule has 0 radical (unpaired) electrons. The van der Waals surface area contributed by atoms with Crippen LogP contribution in [0.2, 0.25) is 0 Å². The Hall–Kier alpha value is -3.12. The molecule has 0 atom stereocenters. The van der Waals surface area contributed by atoms with Crippen LogP contribution in [0.4, 0.5) is 5.13 Å². The first-order valence-corrected chi connectivity index (χ1v) is 9.57. The van der Waals surface area contributed by atoms with Gasteiger partial charge in [0, 0.05) is 10.9 Å². The molecule has 4 aromatic rings. The summed E-state index contributed by atoms with van der Waals surface area (Å²) in [5, 5.41) is 13.3. The number of aryl methyl sites for hydroxylation is 1. The number of hydrogen-bond donors (Lipinski definition) is 1. The minimum atomic E-state index is -0.193. The fourth-order valence-corrected chi connectivity index (χ4v) is 3.76. The number of para-hydroxylation sites is 1. The number of benzene rings is 2. The highest BCUT2D eigenvalue weighted by Crippen LogP contribution is 2.30. The van der Waals surface area contributed by atoms with Gasteiger partial charge in [-0.2, -0.15) is 0 Å². The SMILES string of the molecule is CCc1nnc(NC(=O)c2c(C)c(-c3ccccc3)nc3ccccc23)s1. The third-order valence-corrected chi connectivity index (χ3v) is 5.38. The molecule has 2 aromatic carbocycles. The van der Waals surface area contributed by atoms with Gasteiger partial charge in [-0.05, 0) is 25.0 Å². The van der Waals surface area contributed by atoms with Gasteiger partial charge in [0.1, 0.15) is 5.01 Å². The zero-order valence-electron chi connectivity index (χ0n) is 15.1. The molecule has 0 fully saturated rings. The van der Waals surface area contributed by atoms with Crippen molar-refractivity contribution in [2.45, 2.75) is 20.3 Å². The van der Waals surface area contributed by atoms with Crippen molar-refractivity contribution in [3.05, 3.63) is 70.7 Å². The van der Waals surface area contributed by atoms with Crippen molar-refractivity contribution >= 4 is 33.3 Å². The van der Waals surface area contributed by atoms with Crippen molar-refractivity contribution in [3.63, 3.8) is 0 Å². The van der Waals surface area contributed by atoms with E-state index in [9.17, 15) is 4.79 Å². The zero-order chi connectivity index (χ0) is 18.8. The number of pyridine rings is 1. The van der Waals surface area contributed by atoms with Crippen LogP contribution < -0.4 is 5.32 Å². The van der Waals surface area contributed by atoms with Crippen molar-refractivity contribution in [3.8, 4) is 11.3 Å². The second kappa shape index (κ2) is 7.25. The highest BCUT2D eigenvalue weighted by atomic mass is 32.1. The molecular weight excluding hydrogens is 356 g/mol. The summed E-state index contributed by atoms with van der Waals surface area (Å²) in [7, 11) is 0. The number of anilines is 1. The van der Waals surface area contributed by atoms with Crippen LogP contribution in [-0.2, 0) is 6.42 Å². The molecule has 0 bridgehead atoms. The van der Waals surface area contributed by atoms with Gasteiger partial charge in [-0.1, -0.05) is 66.8 Å². The topological polar surface area (TPSA) is 67.8 Å². The van der Waals surface area contributed by atoms with Crippen LogP contribution in [0.25, 0.3) is 22.2 Å². The summed E-state index contributed by atoms with van der Waals surface area (Å²) in [4.78, 5) is 17.9. The molecular formula is C21H18N4OS. The van der Waals surface area contributed by atoms with Gasteiger partial charge in [-0.15, -0.1) is 10.2 Å². The van der Waals surface area contributed by atoms with Gasteiger partial charge in [0.05, 0.1) is 16.8 Å². The number of aromatic nitrogens is 3. The van der Waals surface area contributed by atoms with Crippen LogP contribution in [0.3, 0.4) is 0 Å². The van der Waals surface area contributed by atoms with Gasteiger partial charge >= 0.3 is 0 Å². The lowest BCUT2D eigenvalue weighted by Crippen LogP contribution is -2.15. The quantitative estimate of drug-likeness (QED) is 0.553. The predicted molar refractivity (Wildman–Crippen MR) is 109 cm³/mol. The molecule has 2 aromatic heterocycles. The Bertz CT molecular complexity index is 1120. The number of carbonyl (C=O) groups excluding carboxylic acids is 1. The minimum absolute atomic E-state index is 0.193. The average molecular weight is 374 g/mol. The third-order valence-electron chi connectivity index (χ3n) is 4.40. The molecule has 0 spiro atoms. The Morgan fingerprint density at radius 2 is 1.78 bits per heavy atom. The molecule has 1 N–H and O–H groups in total. The summed E-state index contributed by atoms with van der Waals surface area (Å²) in [6.45, 7) is 3.95. The van der Waals surface area contributed by atoms with E-state index in [-0.39, 0.29) is 5.91 Å². The Labute approximate surface area is 161 Å². The first-order valence-electron chi connectivity index (χ1n) is 8.76. The smallest absolute Gasteiger partial charge is 0.258 e. The molecule has 0 unspecified atom stereocenters. The molecule has 1 amide bonds. The first kappa shape index (κ1) is 17.3. The molecule has 0 aliphatic heterocycles. The highest BCUT2D eigenvalue weighted by Gasteiger charge is 2.20. The van der Waals surface area contributed by atoms with Crippen molar-refractivity contribution in [1.29, 1.82) is 0 Å². The maximum atomic E-state index is 13.1. The van der Waals surface area contributed by atoms with Crippen LogP contribution >= 0.6 is 11.3 Å². The lowest BCUT2D eigenvalue weighted by atomic mass is 9.97. The molecule has 4 rings (SSSR count). The first-order chi connectivity index (χ1) is 13.2. The number of amides is 1. The summed E-state index contributed by atoms with van der Waals surface area (Å²) in [6, 6.07) is 17.6. The van der Waals surface area contributed by atoms with Gasteiger partial charge in [-0.3, -0.25) is 10.1 Å². The maximum Gasteiger partial charge on any atom is 0.258 e. The number of carbonyl (C=O) groups is 1. The largest absolute Gasteiger partial charge is 0.296 e. The van der Waals surface area contributed by atoms with Crippen LogP contribution in [-0.4, -0.2) is 21.1 Å². The molecule has 27 heavy (non-hydrogen) atoms. The van der Waals surface area contributed by atoms with Crippen molar-refractivity contribution in [1.82, 2.24) is 15.2 Å². The normalized spacial score (nSPS) is 10.9. The van der Waals surface area contributed by atoms with E-state index in [1.807, 2.05) is 68.4 Å². The summed E-state index contributed by atoms with van der Waals surface area (Å²) in [5.41, 5.74) is 4.05. The second-order valence-corrected chi connectivity index (χ2v) is 7.21. The fraction of sp³-hybridized carbons (Fsp3) is 0.143. The molecule has 0 aliphatic carbocycles. The van der Waals surface area contributed by atoms with Gasteiger partial charge in [-0.25, -0.2) is 4.98 Å². The van der Waals surface area contributed by atoms with Gasteiger partial charge in [0.25, 0.3) is 5.91 Å². The molecule has 2 heterocycles. The standard InChI is InChI=1S/C21H18N4OS/c1-3-17-24-25-21(27-17)23-20(26)18-13(2)19(14-9-5-4-6-10-14)22-16-12-8-7-11-15(16)18/h4-12H,3H2,1-2H3,(H,23,25,26). The zero-order valence-corrected chi connectivity index (χ0v) is 15.9. The third kappa shape index (κ3) is 3.31. The van der Waals surface area contributed by atoms with E-state index in [1.165, 1.54) is 11.3 Å². The number of rotatable bonds is 4. The van der Waals surface area contributed by atoms with Crippen molar-refractivity contribution in [2.24, 2.45) is 0 Å². The van der Waals surface area contributed by atoms with Crippen LogP contribution in [0, 0.1) is 6.92 Å². The predicted octanol–water partition coefficient (Wildman–Crippen LogP) is 4.88. The Kier molecular flexibility index (Phi) is 4.64. The van der Waals surface area contributed by atoms with Crippen molar-refractivity contribution < 1.29 is 4.79 Å². The lowest BCUT2D eigenvalue weighted by molar-refractivity contribution is 0.102. The van der Waals surface area contributed by atoms with Crippen LogP contribution in [0.5, 0.6) is 0 Å². The van der Waals surface area contributed by atoms with Crippen molar-refractivity contribution in [2.75, 3.05) is 5.32 Å². The Morgan fingerprint density at radius 3 is 2.52 bits per heavy atom. The molecule has 0 aliphatic rings. The van der Waals surface area contributed by atoms with Gasteiger partial charge in [0.2, 0.25) is 5.13 Å². The van der Waals surface area contributed by atoms with Gasteiger partial charge < -0.3 is 0 Å². The summed E-state index contributed by atoms with van der Waals surface area (Å²) in [6.07, 6.45) is 0.795. The number of fused-ring (bicyclic) bond motifs is 1. The van der Waals surface area contributed by atoms with E-state index in [0.29, 0.717) is 10.7 Å². The molecule has 0 saturated carbocycles. The minimum Gasteiger partial charge on any atom is -0.296 e. The summed E-state index contributed by atoms with van der Waals surface area (Å²) < 4.78 is 0. The molecule has 0 saturated heterocycles. The number of nitrogens with one attached hydrogen (secondary N) is 1. The average Bonchev–Trinajstić information content (AvgIpc) is 3.15. The summed E-state index contributed by atoms with van der Waals surface area (Å²) >= 11 is 1.40. The number of nitrogens with zero attached hydrogens (tertiary/aromatic N) is 3. The van der Waals surface area contributed by atoms with Gasteiger partial charge in [0.15, 0.2) is 0 Å². The highest BCUT2D eigenvalue weighted by molar-refractivity contribution is 7.15. The van der Waals surface area contributed by atoms with E-state index in [2.05, 4.69) is 15.5 Å². The Balaban J connectivity index is 1.85. The molecule has 5 nitrogen and oxygen atoms in total. The lowest BCUT2D eigenvalue weighted by Gasteiger charge is -2.14. The number of hydrogen-bond acceptors (Lipinski definition) is 5. The van der Waals surface area contributed by atoms with E-state index in [1.54, 1.807) is 0 Å². The summed E-state index contributed by atoms with van der Waals surface area (Å²) in [5.74, 6) is -0.193. The fourth-order valence-electron chi connectivity index (χ4n) is 3.08. The maximum absolute atomic E-state index is 13.1. The molecule has 134 valence electrons.